The first-order valence-electron chi connectivity index (χ1n) is 9.26. The molecule has 152 valence electrons. The summed E-state index contributed by atoms with van der Waals surface area (Å²) in [6, 6.07) is 16.6. The van der Waals surface area contributed by atoms with E-state index in [2.05, 4.69) is 45.5 Å². The molecule has 1 aliphatic heterocycles. The number of nitrogens with two attached hydrogens (primary N) is 1. The van der Waals surface area contributed by atoms with Crippen molar-refractivity contribution in [2.24, 2.45) is 10.7 Å². The lowest BCUT2D eigenvalue weighted by atomic mass is 10.2. The molecule has 7 heteroatoms. The lowest BCUT2D eigenvalue weighted by molar-refractivity contribution is 0.250. The number of anilines is 1. The number of hydrogen-bond donors (Lipinski definition) is 2. The number of ether oxygens (including phenoxy) is 2. The Morgan fingerprint density at radius 1 is 1.14 bits per heavy atom. The van der Waals surface area contributed by atoms with Gasteiger partial charge in [0.05, 0.1) is 20.8 Å². The standard InChI is InChI=1S/C21H28N4O2.HI/c1-26-19-11-10-17(13-20(19)27-2)24-21(22)23-14-18-9-6-12-25(18)15-16-7-4-3-5-8-16;/h3-5,7-8,10-11,13,18H,6,9,12,14-15H2,1-2H3,(H3,22,23,24);1H. The van der Waals surface area contributed by atoms with Crippen LogP contribution in [-0.4, -0.2) is 44.2 Å². The van der Waals surface area contributed by atoms with Crippen LogP contribution in [0.2, 0.25) is 0 Å². The van der Waals surface area contributed by atoms with E-state index in [-0.39, 0.29) is 24.0 Å². The number of rotatable bonds is 7. The highest BCUT2D eigenvalue weighted by Crippen LogP contribution is 2.29. The van der Waals surface area contributed by atoms with Crippen LogP contribution in [-0.2, 0) is 6.54 Å². The fraction of sp³-hybridized carbons (Fsp3) is 0.381. The average molecular weight is 496 g/mol. The van der Waals surface area contributed by atoms with Gasteiger partial charge in [-0.05, 0) is 37.1 Å². The highest BCUT2D eigenvalue weighted by molar-refractivity contribution is 14.0. The van der Waals surface area contributed by atoms with Crippen LogP contribution in [0.15, 0.2) is 53.5 Å². The first kappa shape index (κ1) is 22.3. The number of halogens is 1. The Morgan fingerprint density at radius 3 is 2.61 bits per heavy atom. The topological polar surface area (TPSA) is 72.1 Å². The molecule has 0 radical (unpaired) electrons. The van der Waals surface area contributed by atoms with Crippen molar-refractivity contribution in [2.45, 2.75) is 25.4 Å². The Morgan fingerprint density at radius 2 is 1.89 bits per heavy atom. The summed E-state index contributed by atoms with van der Waals surface area (Å²) in [7, 11) is 3.23. The SMILES string of the molecule is COc1ccc(NC(N)=NCC2CCCN2Cc2ccccc2)cc1OC.I. The molecular formula is C21H29IN4O2. The van der Waals surface area contributed by atoms with Gasteiger partial charge in [-0.2, -0.15) is 0 Å². The van der Waals surface area contributed by atoms with E-state index in [4.69, 9.17) is 15.2 Å². The molecule has 1 atom stereocenters. The minimum absolute atomic E-state index is 0. The summed E-state index contributed by atoms with van der Waals surface area (Å²) in [5.74, 6) is 1.75. The van der Waals surface area contributed by atoms with Crippen molar-refractivity contribution in [3.8, 4) is 11.5 Å². The normalized spacial score (nSPS) is 17.1. The summed E-state index contributed by atoms with van der Waals surface area (Å²) in [5.41, 5.74) is 8.25. The number of benzene rings is 2. The minimum atomic E-state index is 0. The molecule has 3 rings (SSSR count). The second-order valence-corrected chi connectivity index (χ2v) is 6.67. The summed E-state index contributed by atoms with van der Waals surface area (Å²) in [6.45, 7) is 2.76. The fourth-order valence-corrected chi connectivity index (χ4v) is 3.43. The van der Waals surface area contributed by atoms with Gasteiger partial charge in [0, 0.05) is 24.3 Å². The number of hydrogen-bond acceptors (Lipinski definition) is 4. The predicted octanol–water partition coefficient (Wildman–Crippen LogP) is 3.71. The summed E-state index contributed by atoms with van der Waals surface area (Å²) in [6.07, 6.45) is 2.36. The molecular weight excluding hydrogens is 467 g/mol. The van der Waals surface area contributed by atoms with Crippen molar-refractivity contribution in [2.75, 3.05) is 32.6 Å². The molecule has 0 saturated carbocycles. The molecule has 1 saturated heterocycles. The molecule has 0 aromatic heterocycles. The van der Waals surface area contributed by atoms with Crippen molar-refractivity contribution >= 4 is 35.6 Å². The van der Waals surface area contributed by atoms with Gasteiger partial charge in [0.1, 0.15) is 0 Å². The predicted molar refractivity (Wildman–Crippen MR) is 125 cm³/mol. The lowest BCUT2D eigenvalue weighted by Crippen LogP contribution is -2.33. The van der Waals surface area contributed by atoms with Gasteiger partial charge in [-0.25, -0.2) is 0 Å². The van der Waals surface area contributed by atoms with Crippen molar-refractivity contribution in [1.82, 2.24) is 4.90 Å². The molecule has 0 aliphatic carbocycles. The lowest BCUT2D eigenvalue weighted by Gasteiger charge is -2.23. The molecule has 2 aromatic rings. The van der Waals surface area contributed by atoms with Crippen LogP contribution in [0.1, 0.15) is 18.4 Å². The fourth-order valence-electron chi connectivity index (χ4n) is 3.43. The Hall–Kier alpha value is -2.00. The van der Waals surface area contributed by atoms with Crippen LogP contribution < -0.4 is 20.5 Å². The third-order valence-electron chi connectivity index (χ3n) is 4.86. The minimum Gasteiger partial charge on any atom is -0.493 e. The van der Waals surface area contributed by atoms with E-state index in [0.717, 1.165) is 25.2 Å². The zero-order chi connectivity index (χ0) is 19.1. The van der Waals surface area contributed by atoms with Crippen molar-refractivity contribution < 1.29 is 9.47 Å². The first-order valence-corrected chi connectivity index (χ1v) is 9.26. The van der Waals surface area contributed by atoms with Crippen LogP contribution >= 0.6 is 24.0 Å². The molecule has 2 aromatic carbocycles. The molecule has 0 bridgehead atoms. The van der Waals surface area contributed by atoms with E-state index < -0.39 is 0 Å². The molecule has 1 aliphatic rings. The second kappa shape index (κ2) is 11.1. The van der Waals surface area contributed by atoms with Crippen LogP contribution in [0.4, 0.5) is 5.69 Å². The Kier molecular flexibility index (Phi) is 8.85. The molecule has 0 spiro atoms. The zero-order valence-corrected chi connectivity index (χ0v) is 18.8. The van der Waals surface area contributed by atoms with Gasteiger partial charge in [0.25, 0.3) is 0 Å². The third-order valence-corrected chi connectivity index (χ3v) is 4.86. The molecule has 0 amide bonds. The number of nitrogens with one attached hydrogen (secondary N) is 1. The Bertz CT molecular complexity index is 770. The van der Waals surface area contributed by atoms with Crippen LogP contribution in [0.5, 0.6) is 11.5 Å². The van der Waals surface area contributed by atoms with Gasteiger partial charge in [-0.15, -0.1) is 24.0 Å². The van der Waals surface area contributed by atoms with Crippen molar-refractivity contribution in [1.29, 1.82) is 0 Å². The third kappa shape index (κ3) is 6.00. The van der Waals surface area contributed by atoms with Gasteiger partial charge in [0.2, 0.25) is 0 Å². The largest absolute Gasteiger partial charge is 0.493 e. The Balaban J connectivity index is 0.00000280. The summed E-state index contributed by atoms with van der Waals surface area (Å²) in [4.78, 5) is 7.05. The van der Waals surface area contributed by atoms with Crippen LogP contribution in [0.3, 0.4) is 0 Å². The number of likely N-dealkylation sites (tertiary alicyclic amines) is 1. The molecule has 3 N–H and O–H groups in total. The molecule has 28 heavy (non-hydrogen) atoms. The first-order chi connectivity index (χ1) is 13.2. The summed E-state index contributed by atoms with van der Waals surface area (Å²) < 4.78 is 10.6. The summed E-state index contributed by atoms with van der Waals surface area (Å²) >= 11 is 0. The number of nitrogens with zero attached hydrogens (tertiary/aromatic N) is 2. The van der Waals surface area contributed by atoms with Gasteiger partial charge in [0.15, 0.2) is 17.5 Å². The average Bonchev–Trinajstić information content (AvgIpc) is 3.14. The molecule has 1 fully saturated rings. The van der Waals surface area contributed by atoms with E-state index in [1.165, 1.54) is 12.0 Å². The molecule has 1 unspecified atom stereocenters. The smallest absolute Gasteiger partial charge is 0.193 e. The zero-order valence-electron chi connectivity index (χ0n) is 16.4. The van der Waals surface area contributed by atoms with Gasteiger partial charge < -0.3 is 20.5 Å². The van der Waals surface area contributed by atoms with E-state index in [0.29, 0.717) is 30.0 Å². The molecule has 1 heterocycles. The van der Waals surface area contributed by atoms with Crippen LogP contribution in [0.25, 0.3) is 0 Å². The number of methoxy groups -OCH3 is 2. The highest BCUT2D eigenvalue weighted by atomic mass is 127. The van der Waals surface area contributed by atoms with Crippen molar-refractivity contribution in [3.05, 3.63) is 54.1 Å². The van der Waals surface area contributed by atoms with Crippen LogP contribution in [0, 0.1) is 0 Å². The van der Waals surface area contributed by atoms with Gasteiger partial charge in [-0.1, -0.05) is 30.3 Å². The number of aliphatic imine (C=N–C) groups is 1. The van der Waals surface area contributed by atoms with E-state index in [1.54, 1.807) is 14.2 Å². The summed E-state index contributed by atoms with van der Waals surface area (Å²) in [5, 5.41) is 3.13. The van der Waals surface area contributed by atoms with E-state index in [9.17, 15) is 0 Å². The maximum absolute atomic E-state index is 6.09. The Labute approximate surface area is 184 Å². The molecule has 6 nitrogen and oxygen atoms in total. The number of guanidine groups is 1. The highest BCUT2D eigenvalue weighted by Gasteiger charge is 2.24. The van der Waals surface area contributed by atoms with Crippen molar-refractivity contribution in [3.63, 3.8) is 0 Å². The van der Waals surface area contributed by atoms with Gasteiger partial charge in [-0.3, -0.25) is 9.89 Å². The maximum atomic E-state index is 6.09. The van der Waals surface area contributed by atoms with E-state index in [1.807, 2.05) is 18.2 Å². The quantitative estimate of drug-likeness (QED) is 0.348. The van der Waals surface area contributed by atoms with Gasteiger partial charge >= 0.3 is 0 Å². The monoisotopic (exact) mass is 496 g/mol. The maximum Gasteiger partial charge on any atom is 0.193 e. The van der Waals surface area contributed by atoms with E-state index >= 15 is 0 Å². The second-order valence-electron chi connectivity index (χ2n) is 6.67.